The number of primary amides is 1. The van der Waals surface area contributed by atoms with E-state index in [4.69, 9.17) is 15.3 Å². The molecule has 1 aromatic carbocycles. The fourth-order valence-corrected chi connectivity index (χ4v) is 1.05. The molecule has 0 aromatic heterocycles. The lowest BCUT2D eigenvalue weighted by molar-refractivity contribution is 0.1000. The lowest BCUT2D eigenvalue weighted by Crippen LogP contribution is -2.14. The van der Waals surface area contributed by atoms with Gasteiger partial charge in [-0.3, -0.25) is 15.1 Å². The van der Waals surface area contributed by atoms with Gasteiger partial charge in [0.1, 0.15) is 5.75 Å². The molecule has 0 unspecified atom stereocenters. The van der Waals surface area contributed by atoms with Gasteiger partial charge in [0.05, 0.1) is 25.5 Å². The Kier molecular flexibility index (Phi) is 3.30. The van der Waals surface area contributed by atoms with E-state index in [-0.39, 0.29) is 0 Å². The molecule has 3 N–H and O–H groups in total. The van der Waals surface area contributed by atoms with Crippen molar-refractivity contribution in [1.29, 1.82) is 0 Å². The van der Waals surface area contributed by atoms with E-state index in [1.807, 2.05) is 0 Å². The van der Waals surface area contributed by atoms with Crippen molar-refractivity contribution < 1.29 is 14.4 Å². The van der Waals surface area contributed by atoms with Crippen LogP contribution >= 0.6 is 0 Å². The fraction of sp³-hybridized carbons (Fsp3) is 0.222. The van der Waals surface area contributed by atoms with Gasteiger partial charge < -0.3 is 10.5 Å². The Morgan fingerprint density at radius 3 is 2.64 bits per heavy atom. The first kappa shape index (κ1) is 10.3. The molecule has 0 bridgehead atoms. The number of hydrogen-bond acceptors (Lipinski definition) is 4. The number of amides is 1. The number of carbonyl (C=O) groups is 1. The van der Waals surface area contributed by atoms with E-state index in [2.05, 4.69) is 5.48 Å². The summed E-state index contributed by atoms with van der Waals surface area (Å²) in [6, 6.07) is 4.90. The molecule has 0 saturated carbocycles. The van der Waals surface area contributed by atoms with Crippen LogP contribution in [0.1, 0.15) is 10.4 Å². The van der Waals surface area contributed by atoms with Gasteiger partial charge in [-0.25, -0.2) is 0 Å². The van der Waals surface area contributed by atoms with Crippen LogP contribution in [0.3, 0.4) is 0 Å². The molecule has 0 heterocycles. The Morgan fingerprint density at radius 1 is 1.43 bits per heavy atom. The Bertz CT molecular complexity index is 339. The highest BCUT2D eigenvalue weighted by molar-refractivity contribution is 5.98. The third kappa shape index (κ3) is 2.14. The summed E-state index contributed by atoms with van der Waals surface area (Å²) >= 11 is 0. The first-order chi connectivity index (χ1) is 6.69. The Balaban J connectivity index is 3.10. The van der Waals surface area contributed by atoms with E-state index in [9.17, 15) is 4.79 Å². The van der Waals surface area contributed by atoms with Gasteiger partial charge in [0.15, 0.2) is 0 Å². The summed E-state index contributed by atoms with van der Waals surface area (Å²) in [6.45, 7) is 0. The normalized spacial score (nSPS) is 9.57. The zero-order valence-corrected chi connectivity index (χ0v) is 8.03. The molecular weight excluding hydrogens is 184 g/mol. The van der Waals surface area contributed by atoms with E-state index in [0.29, 0.717) is 17.0 Å². The average molecular weight is 196 g/mol. The van der Waals surface area contributed by atoms with Crippen LogP contribution in [0, 0.1) is 0 Å². The molecule has 0 aliphatic heterocycles. The minimum Gasteiger partial charge on any atom is -0.497 e. The molecule has 0 atom stereocenters. The minimum absolute atomic E-state index is 0.325. The quantitative estimate of drug-likeness (QED) is 0.697. The number of nitrogens with two attached hydrogens (primary N) is 1. The van der Waals surface area contributed by atoms with Crippen molar-refractivity contribution in [1.82, 2.24) is 0 Å². The molecule has 0 aliphatic carbocycles. The number of hydrogen-bond donors (Lipinski definition) is 2. The molecule has 1 amide bonds. The lowest BCUT2D eigenvalue weighted by atomic mass is 10.1. The van der Waals surface area contributed by atoms with Crippen LogP contribution in [-0.4, -0.2) is 20.1 Å². The predicted molar refractivity (Wildman–Crippen MR) is 52.1 cm³/mol. The fourth-order valence-electron chi connectivity index (χ4n) is 1.05. The molecular formula is C9H12N2O3. The monoisotopic (exact) mass is 196 g/mol. The van der Waals surface area contributed by atoms with E-state index >= 15 is 0 Å². The van der Waals surface area contributed by atoms with Crippen molar-refractivity contribution in [3.63, 3.8) is 0 Å². The molecule has 1 rings (SSSR count). The SMILES string of the molecule is CONc1ccc(OC)cc1C(N)=O. The first-order valence-electron chi connectivity index (χ1n) is 3.96. The maximum Gasteiger partial charge on any atom is 0.251 e. The topological polar surface area (TPSA) is 73.6 Å². The minimum atomic E-state index is -0.538. The van der Waals surface area contributed by atoms with Crippen LogP contribution in [-0.2, 0) is 4.84 Å². The number of methoxy groups -OCH3 is 1. The van der Waals surface area contributed by atoms with Crippen LogP contribution in [0.5, 0.6) is 5.75 Å². The number of nitrogens with one attached hydrogen (secondary N) is 1. The Morgan fingerprint density at radius 2 is 2.14 bits per heavy atom. The number of carbonyl (C=O) groups excluding carboxylic acids is 1. The van der Waals surface area contributed by atoms with Crippen LogP contribution in [0.25, 0.3) is 0 Å². The smallest absolute Gasteiger partial charge is 0.251 e. The molecule has 14 heavy (non-hydrogen) atoms. The van der Waals surface area contributed by atoms with Gasteiger partial charge in [0.2, 0.25) is 0 Å². The van der Waals surface area contributed by atoms with E-state index < -0.39 is 5.91 Å². The summed E-state index contributed by atoms with van der Waals surface area (Å²) < 4.78 is 4.96. The van der Waals surface area contributed by atoms with Crippen LogP contribution in [0.2, 0.25) is 0 Å². The highest BCUT2D eigenvalue weighted by Crippen LogP contribution is 2.21. The molecule has 1 aromatic rings. The lowest BCUT2D eigenvalue weighted by Gasteiger charge is -2.09. The second kappa shape index (κ2) is 4.48. The number of benzene rings is 1. The molecule has 76 valence electrons. The van der Waals surface area contributed by atoms with Crippen molar-refractivity contribution in [2.45, 2.75) is 0 Å². The van der Waals surface area contributed by atoms with Gasteiger partial charge in [-0.05, 0) is 18.2 Å². The predicted octanol–water partition coefficient (Wildman–Crippen LogP) is 0.767. The Hall–Kier alpha value is -1.75. The van der Waals surface area contributed by atoms with Crippen LogP contribution in [0.4, 0.5) is 5.69 Å². The number of ether oxygens (including phenoxy) is 1. The highest BCUT2D eigenvalue weighted by atomic mass is 16.6. The van der Waals surface area contributed by atoms with Crippen molar-refractivity contribution in [2.75, 3.05) is 19.7 Å². The molecule has 0 spiro atoms. The largest absolute Gasteiger partial charge is 0.497 e. The van der Waals surface area contributed by atoms with Gasteiger partial charge in [0.25, 0.3) is 5.91 Å². The van der Waals surface area contributed by atoms with E-state index in [1.165, 1.54) is 14.2 Å². The summed E-state index contributed by atoms with van der Waals surface area (Å²) in [6.07, 6.45) is 0. The van der Waals surface area contributed by atoms with Gasteiger partial charge in [-0.15, -0.1) is 0 Å². The molecule has 0 aliphatic rings. The standard InChI is InChI=1S/C9H12N2O3/c1-13-6-3-4-8(11-14-2)7(5-6)9(10)12/h3-5,11H,1-2H3,(H2,10,12). The summed E-state index contributed by atoms with van der Waals surface area (Å²) in [7, 11) is 2.97. The summed E-state index contributed by atoms with van der Waals surface area (Å²) in [5.74, 6) is 0.0314. The second-order valence-electron chi connectivity index (χ2n) is 2.58. The van der Waals surface area contributed by atoms with Gasteiger partial charge in [0, 0.05) is 0 Å². The first-order valence-corrected chi connectivity index (χ1v) is 3.96. The van der Waals surface area contributed by atoms with E-state index in [1.54, 1.807) is 18.2 Å². The van der Waals surface area contributed by atoms with Crippen molar-refractivity contribution in [2.24, 2.45) is 5.73 Å². The number of anilines is 1. The molecule has 0 radical (unpaired) electrons. The maximum atomic E-state index is 11.0. The molecule has 0 saturated heterocycles. The third-order valence-corrected chi connectivity index (χ3v) is 1.70. The zero-order valence-electron chi connectivity index (χ0n) is 8.03. The molecule has 5 nitrogen and oxygen atoms in total. The van der Waals surface area contributed by atoms with Crippen LogP contribution in [0.15, 0.2) is 18.2 Å². The summed E-state index contributed by atoms with van der Waals surface area (Å²) in [5, 5.41) is 0. The maximum absolute atomic E-state index is 11.0. The van der Waals surface area contributed by atoms with Gasteiger partial charge >= 0.3 is 0 Å². The van der Waals surface area contributed by atoms with Crippen LogP contribution < -0.4 is 16.0 Å². The third-order valence-electron chi connectivity index (χ3n) is 1.70. The zero-order chi connectivity index (χ0) is 10.6. The molecule has 5 heteroatoms. The average Bonchev–Trinajstić information content (AvgIpc) is 2.18. The van der Waals surface area contributed by atoms with Gasteiger partial charge in [-0.2, -0.15) is 0 Å². The summed E-state index contributed by atoms with van der Waals surface area (Å²) in [4.78, 5) is 15.7. The second-order valence-corrected chi connectivity index (χ2v) is 2.58. The number of rotatable bonds is 4. The summed E-state index contributed by atoms with van der Waals surface area (Å²) in [5.41, 5.74) is 8.57. The van der Waals surface area contributed by atoms with E-state index in [0.717, 1.165) is 0 Å². The van der Waals surface area contributed by atoms with Crippen molar-refractivity contribution in [3.8, 4) is 5.75 Å². The Labute approximate surface area is 81.8 Å². The van der Waals surface area contributed by atoms with Gasteiger partial charge in [-0.1, -0.05) is 0 Å². The van der Waals surface area contributed by atoms with Crippen molar-refractivity contribution in [3.05, 3.63) is 23.8 Å². The highest BCUT2D eigenvalue weighted by Gasteiger charge is 2.09. The molecule has 0 fully saturated rings. The van der Waals surface area contributed by atoms with Crippen molar-refractivity contribution >= 4 is 11.6 Å².